The van der Waals surface area contributed by atoms with Crippen LogP contribution in [0.4, 0.5) is 4.39 Å². The number of carboxylic acids is 1. The van der Waals surface area contributed by atoms with E-state index in [0.717, 1.165) is 16.7 Å². The summed E-state index contributed by atoms with van der Waals surface area (Å²) in [5.74, 6) is -1.11. The Hall–Kier alpha value is -3.51. The number of carbonyl (C=O) groups is 1. The summed E-state index contributed by atoms with van der Waals surface area (Å²) in [6.07, 6.45) is 0.0973. The minimum absolute atomic E-state index is 0.0973. The summed E-state index contributed by atoms with van der Waals surface area (Å²) in [4.78, 5) is 15.9. The van der Waals surface area contributed by atoms with Gasteiger partial charge in [0.1, 0.15) is 12.4 Å². The lowest BCUT2D eigenvalue weighted by molar-refractivity contribution is -0.136. The van der Waals surface area contributed by atoms with E-state index >= 15 is 0 Å². The van der Waals surface area contributed by atoms with Crippen LogP contribution in [0.1, 0.15) is 30.0 Å². The van der Waals surface area contributed by atoms with E-state index in [1.54, 1.807) is 6.07 Å². The van der Waals surface area contributed by atoms with Gasteiger partial charge >= 0.3 is 5.97 Å². The molecule has 3 aromatic rings. The third-order valence-corrected chi connectivity index (χ3v) is 4.77. The highest BCUT2D eigenvalue weighted by Gasteiger charge is 2.06. The Labute approximate surface area is 181 Å². The molecule has 3 aromatic carbocycles. The van der Waals surface area contributed by atoms with Gasteiger partial charge in [-0.15, -0.1) is 0 Å². The van der Waals surface area contributed by atoms with E-state index in [2.05, 4.69) is 10.5 Å². The Kier molecular flexibility index (Phi) is 7.90. The smallest absolute Gasteiger partial charge is 0.304 e. The molecule has 5 nitrogen and oxygen atoms in total. The van der Waals surface area contributed by atoms with Crippen molar-refractivity contribution in [1.29, 1.82) is 0 Å². The van der Waals surface area contributed by atoms with E-state index in [9.17, 15) is 9.18 Å². The molecule has 0 amide bonds. The molecular weight excluding hydrogens is 395 g/mol. The molecule has 0 radical (unpaired) electrons. The predicted octanol–water partition coefficient (Wildman–Crippen LogP) is 5.00. The van der Waals surface area contributed by atoms with Crippen molar-refractivity contribution < 1.29 is 19.1 Å². The fourth-order valence-electron chi connectivity index (χ4n) is 3.05. The minimum Gasteiger partial charge on any atom is -0.481 e. The maximum Gasteiger partial charge on any atom is 0.304 e. The van der Waals surface area contributed by atoms with E-state index in [1.807, 2.05) is 67.6 Å². The summed E-state index contributed by atoms with van der Waals surface area (Å²) in [5, 5.41) is 15.9. The van der Waals surface area contributed by atoms with Crippen molar-refractivity contribution in [2.45, 2.75) is 26.5 Å². The zero-order chi connectivity index (χ0) is 22.1. The quantitative estimate of drug-likeness (QED) is 0.275. The van der Waals surface area contributed by atoms with Gasteiger partial charge in [-0.2, -0.15) is 0 Å². The van der Waals surface area contributed by atoms with Crippen molar-refractivity contribution in [3.63, 3.8) is 0 Å². The second kappa shape index (κ2) is 11.0. The fourth-order valence-corrected chi connectivity index (χ4v) is 3.05. The van der Waals surface area contributed by atoms with Crippen LogP contribution in [0.2, 0.25) is 0 Å². The topological polar surface area (TPSA) is 70.9 Å². The van der Waals surface area contributed by atoms with Gasteiger partial charge in [0.2, 0.25) is 0 Å². The van der Waals surface area contributed by atoms with Gasteiger partial charge in [-0.05, 0) is 35.2 Å². The van der Waals surface area contributed by atoms with Gasteiger partial charge in [0.25, 0.3) is 0 Å². The van der Waals surface area contributed by atoms with Crippen LogP contribution < -0.4 is 5.32 Å². The number of nitrogens with zero attached hydrogens (tertiary/aromatic N) is 1. The number of hydrogen-bond donors (Lipinski definition) is 2. The number of nitrogens with one attached hydrogen (secondary N) is 1. The summed E-state index contributed by atoms with van der Waals surface area (Å²) in [5.41, 5.74) is 4.78. The second-order valence-corrected chi connectivity index (χ2v) is 7.15. The molecule has 0 heterocycles. The van der Waals surface area contributed by atoms with Crippen LogP contribution in [0.5, 0.6) is 0 Å². The molecule has 0 aliphatic rings. The summed E-state index contributed by atoms with van der Waals surface area (Å²) in [7, 11) is 0. The molecule has 0 saturated carbocycles. The van der Waals surface area contributed by atoms with E-state index in [4.69, 9.17) is 9.94 Å². The van der Waals surface area contributed by atoms with Crippen LogP contribution in [0.25, 0.3) is 11.1 Å². The summed E-state index contributed by atoms with van der Waals surface area (Å²) < 4.78 is 14.4. The van der Waals surface area contributed by atoms with E-state index in [-0.39, 0.29) is 18.8 Å². The van der Waals surface area contributed by atoms with Gasteiger partial charge in [-0.3, -0.25) is 4.79 Å². The van der Waals surface area contributed by atoms with E-state index in [1.165, 1.54) is 6.07 Å². The maximum absolute atomic E-state index is 14.4. The molecule has 0 atom stereocenters. The number of hydrogen-bond acceptors (Lipinski definition) is 4. The van der Waals surface area contributed by atoms with Gasteiger partial charge in [0.05, 0.1) is 12.1 Å². The summed E-state index contributed by atoms with van der Waals surface area (Å²) >= 11 is 0. The molecule has 3 rings (SSSR count). The minimum atomic E-state index is -0.815. The maximum atomic E-state index is 14.4. The van der Waals surface area contributed by atoms with Gasteiger partial charge in [0.15, 0.2) is 0 Å². The van der Waals surface area contributed by atoms with Crippen molar-refractivity contribution in [3.05, 3.63) is 95.3 Å². The molecule has 0 aromatic heterocycles. The van der Waals surface area contributed by atoms with Gasteiger partial charge in [-0.25, -0.2) is 4.39 Å². The standard InChI is InChI=1S/C25H25FN2O3/c1-18(21-10-7-19(8-11-21)16-27-14-13-25(29)30)28-31-17-20-9-12-23(24(26)15-20)22-5-3-2-4-6-22/h2-12,15,27H,13-14,16-17H2,1H3,(H,29,30)/b28-18-. The lowest BCUT2D eigenvalue weighted by Gasteiger charge is -2.07. The zero-order valence-corrected chi connectivity index (χ0v) is 17.3. The first-order valence-corrected chi connectivity index (χ1v) is 10.0. The first-order valence-electron chi connectivity index (χ1n) is 10.0. The van der Waals surface area contributed by atoms with Crippen LogP contribution in [0, 0.1) is 5.82 Å². The van der Waals surface area contributed by atoms with Crippen LogP contribution >= 0.6 is 0 Å². The summed E-state index contributed by atoms with van der Waals surface area (Å²) in [6.45, 7) is 3.05. The van der Waals surface area contributed by atoms with Crippen molar-refractivity contribution in [2.75, 3.05) is 6.54 Å². The number of carboxylic acid groups (broad SMARTS) is 1. The Balaban J connectivity index is 1.52. The van der Waals surface area contributed by atoms with Crippen LogP contribution in [-0.2, 0) is 22.8 Å². The number of rotatable bonds is 10. The number of halogens is 1. The highest BCUT2D eigenvalue weighted by molar-refractivity contribution is 5.98. The Morgan fingerprint density at radius 1 is 1.03 bits per heavy atom. The number of benzene rings is 3. The highest BCUT2D eigenvalue weighted by Crippen LogP contribution is 2.23. The molecule has 6 heteroatoms. The van der Waals surface area contributed by atoms with Crippen molar-refractivity contribution >= 4 is 11.7 Å². The van der Waals surface area contributed by atoms with Gasteiger partial charge in [-0.1, -0.05) is 71.9 Å². The average Bonchev–Trinajstić information content (AvgIpc) is 2.77. The second-order valence-electron chi connectivity index (χ2n) is 7.15. The molecule has 0 aliphatic carbocycles. The molecule has 0 aliphatic heterocycles. The van der Waals surface area contributed by atoms with Crippen LogP contribution in [-0.4, -0.2) is 23.3 Å². The first kappa shape index (κ1) is 22.2. The third kappa shape index (κ3) is 6.76. The fraction of sp³-hybridized carbons (Fsp3) is 0.200. The Morgan fingerprint density at radius 2 is 1.74 bits per heavy atom. The molecule has 0 saturated heterocycles. The molecule has 0 bridgehead atoms. The van der Waals surface area contributed by atoms with Gasteiger partial charge < -0.3 is 15.3 Å². The molecule has 31 heavy (non-hydrogen) atoms. The van der Waals surface area contributed by atoms with Crippen molar-refractivity contribution in [3.8, 4) is 11.1 Å². The molecule has 0 fully saturated rings. The number of aliphatic carboxylic acids is 1. The first-order chi connectivity index (χ1) is 15.0. The SMILES string of the molecule is C/C(=N/OCc1ccc(-c2ccccc2)c(F)c1)c1ccc(CNCCC(=O)O)cc1. The van der Waals surface area contributed by atoms with Gasteiger partial charge in [0, 0.05) is 18.7 Å². The normalized spacial score (nSPS) is 11.4. The number of oxime groups is 1. The van der Waals surface area contributed by atoms with Crippen LogP contribution in [0.15, 0.2) is 78.0 Å². The summed E-state index contributed by atoms with van der Waals surface area (Å²) in [6, 6.07) is 22.3. The Morgan fingerprint density at radius 3 is 2.42 bits per heavy atom. The highest BCUT2D eigenvalue weighted by atomic mass is 19.1. The lowest BCUT2D eigenvalue weighted by Crippen LogP contribution is -2.17. The third-order valence-electron chi connectivity index (χ3n) is 4.77. The lowest BCUT2D eigenvalue weighted by atomic mass is 10.0. The largest absolute Gasteiger partial charge is 0.481 e. The zero-order valence-electron chi connectivity index (χ0n) is 17.3. The van der Waals surface area contributed by atoms with E-state index in [0.29, 0.717) is 29.9 Å². The molecular formula is C25H25FN2O3. The Bertz CT molecular complexity index is 1030. The average molecular weight is 420 g/mol. The van der Waals surface area contributed by atoms with Crippen LogP contribution in [0.3, 0.4) is 0 Å². The molecule has 2 N–H and O–H groups in total. The molecule has 0 unspecified atom stereocenters. The van der Waals surface area contributed by atoms with Crippen molar-refractivity contribution in [2.24, 2.45) is 5.16 Å². The molecule has 0 spiro atoms. The predicted molar refractivity (Wildman–Crippen MR) is 119 cm³/mol. The molecule has 160 valence electrons. The monoisotopic (exact) mass is 420 g/mol. The van der Waals surface area contributed by atoms with E-state index < -0.39 is 5.97 Å². The van der Waals surface area contributed by atoms with Crippen molar-refractivity contribution in [1.82, 2.24) is 5.32 Å².